The monoisotopic (exact) mass is 403 g/mol. The summed E-state index contributed by atoms with van der Waals surface area (Å²) in [5.74, 6) is -1.30. The number of esters is 1. The Kier molecular flexibility index (Phi) is 7.15. The predicted octanol–water partition coefficient (Wildman–Crippen LogP) is 3.22. The highest BCUT2D eigenvalue weighted by molar-refractivity contribution is 5.93. The second kappa shape index (κ2) is 9.37. The second-order valence-corrected chi connectivity index (χ2v) is 7.02. The van der Waals surface area contributed by atoms with Crippen molar-refractivity contribution in [1.82, 2.24) is 4.90 Å². The molecule has 1 atom stereocenters. The lowest BCUT2D eigenvalue weighted by atomic mass is 9.81. The number of nitrogens with zero attached hydrogens (tertiary/aromatic N) is 3. The molecule has 1 aliphatic carbocycles. The van der Waals surface area contributed by atoms with E-state index >= 15 is 0 Å². The van der Waals surface area contributed by atoms with Crippen LogP contribution in [0.1, 0.15) is 56.3 Å². The van der Waals surface area contributed by atoms with E-state index in [1.807, 2.05) is 0 Å². The summed E-state index contributed by atoms with van der Waals surface area (Å²) < 4.78 is 10.4. The maximum Gasteiger partial charge on any atom is 0.339 e. The summed E-state index contributed by atoms with van der Waals surface area (Å²) in [4.78, 5) is 37.1. The fourth-order valence-electron chi connectivity index (χ4n) is 3.49. The van der Waals surface area contributed by atoms with Crippen LogP contribution >= 0.6 is 0 Å². The van der Waals surface area contributed by atoms with Crippen molar-refractivity contribution in [3.63, 3.8) is 0 Å². The van der Waals surface area contributed by atoms with Gasteiger partial charge in [-0.3, -0.25) is 14.9 Å². The topological polar surface area (TPSA) is 123 Å². The van der Waals surface area contributed by atoms with Gasteiger partial charge in [0.25, 0.3) is 5.91 Å². The number of hydrogen-bond donors (Lipinski definition) is 0. The third-order valence-electron chi connectivity index (χ3n) is 5.18. The van der Waals surface area contributed by atoms with E-state index in [1.54, 1.807) is 14.0 Å². The maximum atomic E-state index is 12.8. The lowest BCUT2D eigenvalue weighted by Gasteiger charge is -2.39. The standard InChI is InChI=1S/C20H25N3O6/c1-4-28-17-9-8-15(12-16(17)23(26)27)19(25)29-14(2)18(24)22(3)20(13-21)10-6-5-7-11-20/h8-9,12,14H,4-7,10-11H2,1-3H3/t14-/m0/s1. The van der Waals surface area contributed by atoms with Crippen LogP contribution in [-0.4, -0.2) is 47.0 Å². The van der Waals surface area contributed by atoms with Gasteiger partial charge in [0.15, 0.2) is 11.9 Å². The fraction of sp³-hybridized carbons (Fsp3) is 0.550. The Morgan fingerprint density at radius 1 is 1.34 bits per heavy atom. The number of hydrogen-bond acceptors (Lipinski definition) is 7. The Morgan fingerprint density at radius 2 is 2.00 bits per heavy atom. The van der Waals surface area contributed by atoms with E-state index in [2.05, 4.69) is 6.07 Å². The molecular weight excluding hydrogens is 378 g/mol. The van der Waals surface area contributed by atoms with E-state index in [0.29, 0.717) is 12.8 Å². The molecule has 9 nitrogen and oxygen atoms in total. The van der Waals surface area contributed by atoms with Crippen molar-refractivity contribution in [2.24, 2.45) is 0 Å². The molecule has 1 aromatic carbocycles. The lowest BCUT2D eigenvalue weighted by molar-refractivity contribution is -0.385. The zero-order valence-corrected chi connectivity index (χ0v) is 16.8. The van der Waals surface area contributed by atoms with Crippen LogP contribution < -0.4 is 4.74 Å². The first-order chi connectivity index (χ1) is 13.8. The normalized spacial score (nSPS) is 16.2. The molecule has 0 aliphatic heterocycles. The number of benzene rings is 1. The smallest absolute Gasteiger partial charge is 0.339 e. The van der Waals surface area contributed by atoms with Crippen LogP contribution in [0.3, 0.4) is 0 Å². The molecule has 0 aromatic heterocycles. The van der Waals surface area contributed by atoms with E-state index in [-0.39, 0.29) is 23.6 Å². The van der Waals surface area contributed by atoms with Crippen LogP contribution in [0.2, 0.25) is 0 Å². The Balaban J connectivity index is 2.13. The zero-order valence-electron chi connectivity index (χ0n) is 16.8. The molecule has 2 rings (SSSR count). The van der Waals surface area contributed by atoms with Crippen molar-refractivity contribution in [2.45, 2.75) is 57.6 Å². The Morgan fingerprint density at radius 3 is 2.55 bits per heavy atom. The number of amides is 1. The van der Waals surface area contributed by atoms with Gasteiger partial charge in [0.05, 0.1) is 23.2 Å². The molecule has 0 spiro atoms. The highest BCUT2D eigenvalue weighted by Gasteiger charge is 2.40. The second-order valence-electron chi connectivity index (χ2n) is 7.02. The van der Waals surface area contributed by atoms with Gasteiger partial charge < -0.3 is 14.4 Å². The summed E-state index contributed by atoms with van der Waals surface area (Å²) in [6, 6.07) is 5.98. The Labute approximate surface area is 169 Å². The maximum absolute atomic E-state index is 12.8. The van der Waals surface area contributed by atoms with Crippen molar-refractivity contribution in [1.29, 1.82) is 5.26 Å². The van der Waals surface area contributed by atoms with Gasteiger partial charge in [0.2, 0.25) is 0 Å². The molecule has 1 fully saturated rings. The van der Waals surface area contributed by atoms with Gasteiger partial charge in [-0.25, -0.2) is 4.79 Å². The highest BCUT2D eigenvalue weighted by Crippen LogP contribution is 2.33. The average Bonchev–Trinajstić information content (AvgIpc) is 2.73. The van der Waals surface area contributed by atoms with Crippen molar-refractivity contribution in [3.8, 4) is 11.8 Å². The van der Waals surface area contributed by atoms with Crippen LogP contribution in [0.5, 0.6) is 5.75 Å². The Hall–Kier alpha value is -3.15. The van der Waals surface area contributed by atoms with Gasteiger partial charge in [0, 0.05) is 13.1 Å². The van der Waals surface area contributed by atoms with Gasteiger partial charge in [-0.2, -0.15) is 5.26 Å². The third-order valence-corrected chi connectivity index (χ3v) is 5.18. The van der Waals surface area contributed by atoms with E-state index in [1.165, 1.54) is 24.0 Å². The molecule has 0 heterocycles. The van der Waals surface area contributed by atoms with Crippen LogP contribution in [0.4, 0.5) is 5.69 Å². The van der Waals surface area contributed by atoms with Crippen LogP contribution in [-0.2, 0) is 9.53 Å². The number of carbonyl (C=O) groups is 2. The minimum atomic E-state index is -1.13. The summed E-state index contributed by atoms with van der Waals surface area (Å²) in [6.07, 6.45) is 2.76. The first-order valence-corrected chi connectivity index (χ1v) is 9.57. The molecule has 0 N–H and O–H groups in total. The van der Waals surface area contributed by atoms with Gasteiger partial charge >= 0.3 is 11.7 Å². The first-order valence-electron chi connectivity index (χ1n) is 9.57. The molecule has 0 bridgehead atoms. The number of nitriles is 1. The molecule has 1 aromatic rings. The van der Waals surface area contributed by atoms with Crippen molar-refractivity contribution >= 4 is 17.6 Å². The van der Waals surface area contributed by atoms with Gasteiger partial charge in [-0.1, -0.05) is 19.3 Å². The largest absolute Gasteiger partial charge is 0.487 e. The van der Waals surface area contributed by atoms with Crippen LogP contribution in [0, 0.1) is 21.4 Å². The first kappa shape index (κ1) is 22.1. The molecule has 29 heavy (non-hydrogen) atoms. The highest BCUT2D eigenvalue weighted by atomic mass is 16.6. The minimum absolute atomic E-state index is 0.0474. The fourth-order valence-corrected chi connectivity index (χ4v) is 3.49. The number of likely N-dealkylation sites (N-methyl/N-ethyl adjacent to an activating group) is 1. The predicted molar refractivity (Wildman–Crippen MR) is 103 cm³/mol. The summed E-state index contributed by atoms with van der Waals surface area (Å²) in [7, 11) is 1.54. The third kappa shape index (κ3) is 4.83. The van der Waals surface area contributed by atoms with E-state index in [4.69, 9.17) is 9.47 Å². The quantitative estimate of drug-likeness (QED) is 0.389. The van der Waals surface area contributed by atoms with E-state index < -0.39 is 28.4 Å². The number of rotatable bonds is 7. The van der Waals surface area contributed by atoms with E-state index in [9.17, 15) is 25.0 Å². The molecule has 0 saturated heterocycles. The Bertz CT molecular complexity index is 826. The van der Waals surface area contributed by atoms with Gasteiger partial charge in [-0.15, -0.1) is 0 Å². The summed E-state index contributed by atoms with van der Waals surface area (Å²) in [5.41, 5.74) is -1.31. The number of nitro groups is 1. The summed E-state index contributed by atoms with van der Waals surface area (Å²) in [6.45, 7) is 3.35. The van der Waals surface area contributed by atoms with Crippen LogP contribution in [0.15, 0.2) is 18.2 Å². The molecule has 9 heteroatoms. The number of ether oxygens (including phenoxy) is 2. The molecule has 0 unspecified atom stereocenters. The molecule has 1 aliphatic rings. The molecular formula is C20H25N3O6. The van der Waals surface area contributed by atoms with Crippen molar-refractivity contribution < 1.29 is 24.0 Å². The zero-order chi connectivity index (χ0) is 21.6. The van der Waals surface area contributed by atoms with Gasteiger partial charge in [-0.05, 0) is 38.8 Å². The minimum Gasteiger partial charge on any atom is -0.487 e. The molecule has 1 saturated carbocycles. The van der Waals surface area contributed by atoms with Crippen LogP contribution in [0.25, 0.3) is 0 Å². The number of nitro benzene ring substituents is 1. The van der Waals surface area contributed by atoms with E-state index in [0.717, 1.165) is 25.3 Å². The molecule has 1 amide bonds. The SMILES string of the molecule is CCOc1ccc(C(=O)O[C@@H](C)C(=O)N(C)C2(C#N)CCCCC2)cc1[N+](=O)[O-]. The van der Waals surface area contributed by atoms with Crippen molar-refractivity contribution in [3.05, 3.63) is 33.9 Å². The molecule has 156 valence electrons. The number of carbonyl (C=O) groups excluding carboxylic acids is 2. The lowest BCUT2D eigenvalue weighted by Crippen LogP contribution is -2.53. The summed E-state index contributed by atoms with van der Waals surface area (Å²) in [5, 5.41) is 20.8. The van der Waals surface area contributed by atoms with Gasteiger partial charge in [0.1, 0.15) is 5.54 Å². The van der Waals surface area contributed by atoms with Crippen molar-refractivity contribution in [2.75, 3.05) is 13.7 Å². The molecule has 0 radical (unpaired) electrons. The average molecular weight is 403 g/mol. The summed E-state index contributed by atoms with van der Waals surface area (Å²) >= 11 is 0.